The van der Waals surface area contributed by atoms with E-state index >= 15 is 0 Å². The van der Waals surface area contributed by atoms with E-state index in [0.29, 0.717) is 18.2 Å². The van der Waals surface area contributed by atoms with Crippen molar-refractivity contribution < 1.29 is 0 Å². The monoisotopic (exact) mass is 345 g/mol. The number of para-hydroxylation sites is 1. The minimum absolute atomic E-state index is 0.616. The van der Waals surface area contributed by atoms with E-state index < -0.39 is 0 Å². The van der Waals surface area contributed by atoms with Crippen LogP contribution in [0, 0.1) is 13.8 Å². The highest BCUT2D eigenvalue weighted by atomic mass is 15.3. The fraction of sp³-hybridized carbons (Fsp3) is 0.158. The van der Waals surface area contributed by atoms with Crippen LogP contribution in [0.2, 0.25) is 0 Å². The highest BCUT2D eigenvalue weighted by Crippen LogP contribution is 2.16. The smallest absolute Gasteiger partial charge is 0.174 e. The fourth-order valence-corrected chi connectivity index (χ4v) is 2.88. The number of aromatic nitrogens is 6. The van der Waals surface area contributed by atoms with Gasteiger partial charge in [0.25, 0.3) is 0 Å². The number of aryl methyl sites for hydroxylation is 2. The topological polar surface area (TPSA) is 73.5 Å². The van der Waals surface area contributed by atoms with E-state index in [4.69, 9.17) is 0 Å². The molecular formula is C19H19N7. The molecule has 0 aliphatic rings. The van der Waals surface area contributed by atoms with Crippen molar-refractivity contribution in [3.05, 3.63) is 78.1 Å². The summed E-state index contributed by atoms with van der Waals surface area (Å²) in [5.41, 5.74) is 4.14. The van der Waals surface area contributed by atoms with E-state index in [1.807, 2.05) is 55.1 Å². The molecule has 0 aliphatic heterocycles. The van der Waals surface area contributed by atoms with Gasteiger partial charge in [0.15, 0.2) is 5.82 Å². The molecule has 0 radical (unpaired) electrons. The molecule has 0 atom stereocenters. The molecule has 26 heavy (non-hydrogen) atoms. The number of nitrogens with zero attached hydrogens (tertiary/aromatic N) is 6. The van der Waals surface area contributed by atoms with Crippen molar-refractivity contribution in [1.29, 1.82) is 0 Å². The maximum Gasteiger partial charge on any atom is 0.174 e. The number of nitrogens with one attached hydrogen (secondary N) is 1. The number of anilines is 1. The lowest BCUT2D eigenvalue weighted by Crippen LogP contribution is -2.09. The second kappa shape index (κ2) is 6.79. The van der Waals surface area contributed by atoms with E-state index in [1.165, 1.54) is 0 Å². The molecule has 1 aromatic carbocycles. The molecule has 4 aromatic rings. The second-order valence-corrected chi connectivity index (χ2v) is 6.03. The van der Waals surface area contributed by atoms with E-state index in [0.717, 1.165) is 22.6 Å². The van der Waals surface area contributed by atoms with E-state index in [-0.39, 0.29) is 0 Å². The molecule has 0 saturated heterocycles. The Morgan fingerprint density at radius 2 is 1.96 bits per heavy atom. The average Bonchev–Trinajstić information content (AvgIpc) is 3.30. The Bertz CT molecular complexity index is 1020. The lowest BCUT2D eigenvalue weighted by molar-refractivity contribution is 0.798. The molecule has 0 fully saturated rings. The van der Waals surface area contributed by atoms with Crippen molar-refractivity contribution in [3.63, 3.8) is 0 Å². The minimum Gasteiger partial charge on any atom is -0.365 e. The lowest BCUT2D eigenvalue weighted by atomic mass is 10.2. The van der Waals surface area contributed by atoms with E-state index in [2.05, 4.69) is 31.5 Å². The Balaban J connectivity index is 1.56. The molecule has 0 saturated carbocycles. The molecule has 0 unspecified atom stereocenters. The molecule has 0 amide bonds. The molecule has 130 valence electrons. The van der Waals surface area contributed by atoms with Crippen LogP contribution in [0.4, 0.5) is 5.82 Å². The first-order valence-electron chi connectivity index (χ1n) is 8.38. The van der Waals surface area contributed by atoms with Crippen LogP contribution in [-0.4, -0.2) is 29.5 Å². The summed E-state index contributed by atoms with van der Waals surface area (Å²) in [5.74, 6) is 1.39. The van der Waals surface area contributed by atoms with Crippen molar-refractivity contribution in [2.75, 3.05) is 5.32 Å². The summed E-state index contributed by atoms with van der Waals surface area (Å²) in [7, 11) is 0. The van der Waals surface area contributed by atoms with Crippen molar-refractivity contribution in [1.82, 2.24) is 29.5 Å². The predicted molar refractivity (Wildman–Crippen MR) is 99.5 cm³/mol. The summed E-state index contributed by atoms with van der Waals surface area (Å²) in [6.45, 7) is 4.58. The van der Waals surface area contributed by atoms with Gasteiger partial charge in [-0.15, -0.1) is 0 Å². The minimum atomic E-state index is 0.616. The zero-order chi connectivity index (χ0) is 17.9. The predicted octanol–water partition coefficient (Wildman–Crippen LogP) is 3.08. The third-order valence-electron chi connectivity index (χ3n) is 4.05. The Morgan fingerprint density at radius 1 is 1.08 bits per heavy atom. The van der Waals surface area contributed by atoms with Gasteiger partial charge >= 0.3 is 0 Å². The Kier molecular flexibility index (Phi) is 4.18. The van der Waals surface area contributed by atoms with Gasteiger partial charge in [-0.05, 0) is 37.6 Å². The molecule has 7 nitrogen and oxygen atoms in total. The summed E-state index contributed by atoms with van der Waals surface area (Å²) in [4.78, 5) is 8.92. The van der Waals surface area contributed by atoms with Gasteiger partial charge in [0.1, 0.15) is 5.82 Å². The van der Waals surface area contributed by atoms with Crippen LogP contribution < -0.4 is 5.32 Å². The fourth-order valence-electron chi connectivity index (χ4n) is 2.88. The zero-order valence-electron chi connectivity index (χ0n) is 14.7. The van der Waals surface area contributed by atoms with Crippen LogP contribution in [-0.2, 0) is 6.54 Å². The van der Waals surface area contributed by atoms with Gasteiger partial charge in [-0.25, -0.2) is 14.3 Å². The number of rotatable bonds is 5. The summed E-state index contributed by atoms with van der Waals surface area (Å²) in [6.07, 6.45) is 7.13. The van der Waals surface area contributed by atoms with Crippen LogP contribution in [0.1, 0.15) is 17.0 Å². The van der Waals surface area contributed by atoms with Crippen molar-refractivity contribution >= 4 is 5.82 Å². The third-order valence-corrected chi connectivity index (χ3v) is 4.05. The molecule has 0 aliphatic carbocycles. The van der Waals surface area contributed by atoms with Gasteiger partial charge in [-0.1, -0.05) is 18.2 Å². The quantitative estimate of drug-likeness (QED) is 0.602. The Hall–Kier alpha value is -3.48. The Morgan fingerprint density at radius 3 is 2.73 bits per heavy atom. The normalized spacial score (nSPS) is 10.8. The average molecular weight is 345 g/mol. The maximum atomic E-state index is 4.63. The van der Waals surface area contributed by atoms with Crippen molar-refractivity contribution in [3.8, 4) is 11.5 Å². The summed E-state index contributed by atoms with van der Waals surface area (Å²) >= 11 is 0. The third kappa shape index (κ3) is 3.19. The highest BCUT2D eigenvalue weighted by Gasteiger charge is 2.08. The van der Waals surface area contributed by atoms with Crippen LogP contribution in [0.15, 0.2) is 61.2 Å². The maximum absolute atomic E-state index is 4.63. The number of hydrogen-bond donors (Lipinski definition) is 1. The second-order valence-electron chi connectivity index (χ2n) is 6.03. The summed E-state index contributed by atoms with van der Waals surface area (Å²) < 4.78 is 3.65. The molecule has 3 aromatic heterocycles. The van der Waals surface area contributed by atoms with Gasteiger partial charge in [-0.3, -0.25) is 4.98 Å². The van der Waals surface area contributed by atoms with Gasteiger partial charge in [0.2, 0.25) is 0 Å². The van der Waals surface area contributed by atoms with Gasteiger partial charge in [0, 0.05) is 24.6 Å². The Labute approximate surface area is 151 Å². The van der Waals surface area contributed by atoms with Gasteiger partial charge in [0.05, 0.1) is 23.8 Å². The first-order valence-corrected chi connectivity index (χ1v) is 8.38. The largest absolute Gasteiger partial charge is 0.365 e. The molecule has 0 spiro atoms. The molecule has 1 N–H and O–H groups in total. The van der Waals surface area contributed by atoms with Gasteiger partial charge in [-0.2, -0.15) is 10.2 Å². The SMILES string of the molecule is Cc1cc(C)n(-c2cncc(NCc3ccccc3-n3cccn3)n2)n1. The van der Waals surface area contributed by atoms with Crippen LogP contribution in [0.3, 0.4) is 0 Å². The van der Waals surface area contributed by atoms with Crippen molar-refractivity contribution in [2.24, 2.45) is 0 Å². The molecule has 0 bridgehead atoms. The van der Waals surface area contributed by atoms with Crippen LogP contribution in [0.5, 0.6) is 0 Å². The van der Waals surface area contributed by atoms with E-state index in [9.17, 15) is 0 Å². The number of benzene rings is 1. The standard InChI is InChI=1S/C19H19N7/c1-14-10-15(2)26(24-14)19-13-20-12-18(23-19)21-11-16-6-3-4-7-17(16)25-9-5-8-22-25/h3-10,12-13H,11H2,1-2H3,(H,21,23). The van der Waals surface area contributed by atoms with Crippen molar-refractivity contribution in [2.45, 2.75) is 20.4 Å². The molecular weight excluding hydrogens is 326 g/mol. The van der Waals surface area contributed by atoms with Crippen LogP contribution >= 0.6 is 0 Å². The summed E-state index contributed by atoms with van der Waals surface area (Å²) in [5, 5.41) is 12.1. The zero-order valence-corrected chi connectivity index (χ0v) is 14.7. The first-order chi connectivity index (χ1) is 12.7. The lowest BCUT2D eigenvalue weighted by Gasteiger charge is -2.11. The van der Waals surface area contributed by atoms with Crippen LogP contribution in [0.25, 0.3) is 11.5 Å². The first kappa shape index (κ1) is 16.0. The molecule has 3 heterocycles. The molecule has 7 heteroatoms. The molecule has 4 rings (SSSR count). The highest BCUT2D eigenvalue weighted by molar-refractivity contribution is 5.44. The summed E-state index contributed by atoms with van der Waals surface area (Å²) in [6, 6.07) is 12.1. The van der Waals surface area contributed by atoms with Gasteiger partial charge < -0.3 is 5.32 Å². The van der Waals surface area contributed by atoms with E-state index in [1.54, 1.807) is 23.3 Å². The number of hydrogen-bond acceptors (Lipinski definition) is 5.